The molecule has 1 aliphatic rings. The Hall–Kier alpha value is -0.220. The number of aliphatic hydroxyl groups excluding tert-OH is 1. The van der Waals surface area contributed by atoms with E-state index in [1.165, 1.54) is 0 Å². The molecule has 156 valence electrons. The van der Waals surface area contributed by atoms with Crippen molar-refractivity contribution in [2.75, 3.05) is 39.3 Å². The topological polar surface area (TPSA) is 59.9 Å². The van der Waals surface area contributed by atoms with E-state index in [1.54, 1.807) is 0 Å². The minimum atomic E-state index is -2.26. The van der Waals surface area contributed by atoms with Crippen LogP contribution in [0.5, 0.6) is 0 Å². The lowest BCUT2D eigenvalue weighted by Gasteiger charge is -2.33. The third kappa shape index (κ3) is 9.12. The summed E-state index contributed by atoms with van der Waals surface area (Å²) in [5.74, 6) is 0.791. The molecule has 0 unspecified atom stereocenters. The first-order valence-corrected chi connectivity index (χ1v) is 9.64. The maximum Gasteiger partial charge on any atom is 0.251 e. The van der Waals surface area contributed by atoms with Crippen molar-refractivity contribution in [3.8, 4) is 0 Å². The highest BCUT2D eigenvalue weighted by Gasteiger charge is 2.26. The highest BCUT2D eigenvalue weighted by Crippen LogP contribution is 2.30. The zero-order chi connectivity index (χ0) is 18.7. The fraction of sp³-hybridized carbons (Fsp3) is 0.944. The predicted octanol–water partition coefficient (Wildman–Crippen LogP) is 3.08. The second-order valence-electron chi connectivity index (χ2n) is 6.99. The van der Waals surface area contributed by atoms with Crippen LogP contribution in [-0.4, -0.2) is 67.8 Å². The molecule has 1 aliphatic heterocycles. The minimum Gasteiger partial charge on any atom is -0.396 e. The van der Waals surface area contributed by atoms with Gasteiger partial charge >= 0.3 is 0 Å². The highest BCUT2D eigenvalue weighted by molar-refractivity contribution is 14.0. The lowest BCUT2D eigenvalue weighted by Crippen LogP contribution is -2.49. The number of piperidine rings is 1. The first-order chi connectivity index (χ1) is 12.0. The van der Waals surface area contributed by atoms with E-state index in [0.29, 0.717) is 19.6 Å². The third-order valence-electron chi connectivity index (χ3n) is 5.38. The molecular weight excluding hydrogens is 453 g/mol. The Labute approximate surface area is 174 Å². The van der Waals surface area contributed by atoms with Gasteiger partial charge < -0.3 is 15.7 Å². The number of guanidine groups is 1. The van der Waals surface area contributed by atoms with E-state index >= 15 is 0 Å². The minimum absolute atomic E-state index is 0. The maximum absolute atomic E-state index is 12.5. The van der Waals surface area contributed by atoms with E-state index in [1.807, 2.05) is 11.8 Å². The molecule has 1 fully saturated rings. The highest BCUT2D eigenvalue weighted by atomic mass is 127. The number of nitrogens with one attached hydrogen (secondary N) is 2. The number of likely N-dealkylation sites (tertiary alicyclic amines) is 1. The van der Waals surface area contributed by atoms with Gasteiger partial charge in [-0.15, -0.1) is 24.0 Å². The van der Waals surface area contributed by atoms with Crippen molar-refractivity contribution >= 4 is 29.9 Å². The van der Waals surface area contributed by atoms with Crippen molar-refractivity contribution in [1.29, 1.82) is 0 Å². The van der Waals surface area contributed by atoms with Gasteiger partial charge in [0.2, 0.25) is 0 Å². The molecule has 0 aromatic heterocycles. The van der Waals surface area contributed by atoms with Crippen LogP contribution in [0.15, 0.2) is 4.99 Å². The van der Waals surface area contributed by atoms with E-state index in [-0.39, 0.29) is 48.6 Å². The van der Waals surface area contributed by atoms with E-state index in [0.717, 1.165) is 44.6 Å². The molecule has 3 N–H and O–H groups in total. The average molecular weight is 490 g/mol. The fourth-order valence-electron chi connectivity index (χ4n) is 3.36. The number of alkyl halides is 2. The summed E-state index contributed by atoms with van der Waals surface area (Å²) in [6.45, 7) is 9.23. The van der Waals surface area contributed by atoms with Crippen LogP contribution >= 0.6 is 24.0 Å². The van der Waals surface area contributed by atoms with Crippen molar-refractivity contribution in [2.24, 2.45) is 10.4 Å². The standard InChI is InChI=1S/C18H36F2N4O.HI/c1-4-18(5-2,9-12-25)14-22-17(21-6-3)23-15-7-10-24(11-8-15)13-16(19)20;/h15-16,25H,4-14H2,1-3H3,(H2,21,22,23);1H. The number of aliphatic hydroxyl groups is 1. The zero-order valence-electron chi connectivity index (χ0n) is 16.4. The van der Waals surface area contributed by atoms with Gasteiger partial charge in [-0.2, -0.15) is 0 Å². The molecule has 0 atom stereocenters. The summed E-state index contributed by atoms with van der Waals surface area (Å²) in [7, 11) is 0. The molecule has 0 saturated carbocycles. The molecular formula is C18H37F2IN4O. The van der Waals surface area contributed by atoms with E-state index < -0.39 is 6.43 Å². The smallest absolute Gasteiger partial charge is 0.251 e. The van der Waals surface area contributed by atoms with Crippen LogP contribution in [0.4, 0.5) is 8.78 Å². The van der Waals surface area contributed by atoms with Gasteiger partial charge in [-0.1, -0.05) is 13.8 Å². The van der Waals surface area contributed by atoms with Crippen LogP contribution in [0.25, 0.3) is 0 Å². The Morgan fingerprint density at radius 3 is 2.31 bits per heavy atom. The van der Waals surface area contributed by atoms with Gasteiger partial charge in [0.25, 0.3) is 6.43 Å². The summed E-state index contributed by atoms with van der Waals surface area (Å²) < 4.78 is 24.9. The van der Waals surface area contributed by atoms with Gasteiger partial charge in [-0.25, -0.2) is 8.78 Å². The SMILES string of the molecule is CCNC(=NCC(CC)(CC)CCO)NC1CCN(CC(F)F)CC1.I. The van der Waals surface area contributed by atoms with Crippen LogP contribution in [0, 0.1) is 5.41 Å². The molecule has 1 saturated heterocycles. The molecule has 1 rings (SSSR count). The number of halogens is 3. The summed E-state index contributed by atoms with van der Waals surface area (Å²) in [6.07, 6.45) is 2.17. The van der Waals surface area contributed by atoms with E-state index in [9.17, 15) is 13.9 Å². The molecule has 0 bridgehead atoms. The van der Waals surface area contributed by atoms with Gasteiger partial charge in [0, 0.05) is 38.8 Å². The molecule has 0 spiro atoms. The Bertz CT molecular complexity index is 387. The van der Waals surface area contributed by atoms with E-state index in [4.69, 9.17) is 4.99 Å². The van der Waals surface area contributed by atoms with E-state index in [2.05, 4.69) is 24.5 Å². The van der Waals surface area contributed by atoms with Gasteiger partial charge in [0.05, 0.1) is 6.54 Å². The van der Waals surface area contributed by atoms with Crippen LogP contribution in [0.2, 0.25) is 0 Å². The molecule has 0 aromatic carbocycles. The summed E-state index contributed by atoms with van der Waals surface area (Å²) in [5.41, 5.74) is 0.0394. The molecule has 8 heteroatoms. The number of hydrogen-bond acceptors (Lipinski definition) is 3. The number of aliphatic imine (C=N–C) groups is 1. The van der Waals surface area contributed by atoms with Gasteiger partial charge in [0.15, 0.2) is 5.96 Å². The second kappa shape index (κ2) is 13.9. The second-order valence-corrected chi connectivity index (χ2v) is 6.99. The Kier molecular flexibility index (Phi) is 13.8. The maximum atomic E-state index is 12.5. The molecule has 0 radical (unpaired) electrons. The first kappa shape index (κ1) is 25.8. The lowest BCUT2D eigenvalue weighted by molar-refractivity contribution is 0.0744. The Balaban J connectivity index is 0.00000625. The number of rotatable bonds is 10. The summed E-state index contributed by atoms with van der Waals surface area (Å²) in [6, 6.07) is 0.266. The lowest BCUT2D eigenvalue weighted by atomic mass is 9.79. The molecule has 26 heavy (non-hydrogen) atoms. The molecule has 0 amide bonds. The van der Waals surface area contributed by atoms with Crippen molar-refractivity contribution in [2.45, 2.75) is 65.3 Å². The van der Waals surface area contributed by atoms with Crippen LogP contribution in [0.1, 0.15) is 52.9 Å². The largest absolute Gasteiger partial charge is 0.396 e. The summed E-state index contributed by atoms with van der Waals surface area (Å²) in [5, 5.41) is 16.1. The summed E-state index contributed by atoms with van der Waals surface area (Å²) >= 11 is 0. The molecule has 5 nitrogen and oxygen atoms in total. The predicted molar refractivity (Wildman–Crippen MR) is 115 cm³/mol. The normalized spacial score (nSPS) is 17.3. The monoisotopic (exact) mass is 490 g/mol. The Morgan fingerprint density at radius 2 is 1.85 bits per heavy atom. The molecule has 0 aliphatic carbocycles. The van der Waals surface area contributed by atoms with Crippen molar-refractivity contribution in [1.82, 2.24) is 15.5 Å². The summed E-state index contributed by atoms with van der Waals surface area (Å²) in [4.78, 5) is 6.58. The Morgan fingerprint density at radius 1 is 1.23 bits per heavy atom. The average Bonchev–Trinajstić information content (AvgIpc) is 2.60. The zero-order valence-corrected chi connectivity index (χ0v) is 18.8. The quantitative estimate of drug-likeness (QED) is 0.250. The molecule has 0 aromatic rings. The number of hydrogen-bond donors (Lipinski definition) is 3. The van der Waals surface area contributed by atoms with Gasteiger partial charge in [0.1, 0.15) is 0 Å². The van der Waals surface area contributed by atoms with Crippen LogP contribution in [0.3, 0.4) is 0 Å². The van der Waals surface area contributed by atoms with Crippen molar-refractivity contribution < 1.29 is 13.9 Å². The number of nitrogens with zero attached hydrogens (tertiary/aromatic N) is 2. The molecule has 1 heterocycles. The van der Waals surface area contributed by atoms with Crippen molar-refractivity contribution in [3.63, 3.8) is 0 Å². The van der Waals surface area contributed by atoms with Gasteiger partial charge in [-0.05, 0) is 44.4 Å². The van der Waals surface area contributed by atoms with Crippen LogP contribution in [-0.2, 0) is 0 Å². The van der Waals surface area contributed by atoms with Crippen molar-refractivity contribution in [3.05, 3.63) is 0 Å². The van der Waals surface area contributed by atoms with Crippen LogP contribution < -0.4 is 10.6 Å². The van der Waals surface area contributed by atoms with Gasteiger partial charge in [-0.3, -0.25) is 9.89 Å². The third-order valence-corrected chi connectivity index (χ3v) is 5.38. The fourth-order valence-corrected chi connectivity index (χ4v) is 3.36. The first-order valence-electron chi connectivity index (χ1n) is 9.64.